The Kier molecular flexibility index (Phi) is 4.28. The van der Waals surface area contributed by atoms with Crippen molar-refractivity contribution in [1.29, 1.82) is 0 Å². The van der Waals surface area contributed by atoms with Gasteiger partial charge in [-0.1, -0.05) is 20.4 Å². The molecule has 12 heavy (non-hydrogen) atoms. The van der Waals surface area contributed by atoms with Crippen LogP contribution >= 0.6 is 12.2 Å². The number of hydrogen-bond acceptors (Lipinski definition) is 2. The van der Waals surface area contributed by atoms with Gasteiger partial charge in [-0.2, -0.15) is 0 Å². The topological polar surface area (TPSA) is 44.4 Å². The highest BCUT2D eigenvalue weighted by Gasteiger charge is 2.20. The van der Waals surface area contributed by atoms with Gasteiger partial charge in [-0.05, 0) is 12.2 Å². The van der Waals surface area contributed by atoms with Crippen LogP contribution in [0, 0.1) is 0 Å². The molecule has 1 amide bonds. The second-order valence-corrected chi connectivity index (χ2v) is 2.28. The van der Waals surface area contributed by atoms with Crippen molar-refractivity contribution in [2.75, 3.05) is 7.05 Å². The second kappa shape index (κ2) is 4.71. The standard InChI is InChI=1S/C5H7N3OS.C2H6/c1-3-4(9)6-7-5(10)8(3)2;1-2/h1H2,2H3,(H,6,9)(H,7,10);1-2H3. The Labute approximate surface area is 77.6 Å². The molecule has 1 fully saturated rings. The molecule has 1 heterocycles. The normalized spacial score (nSPS) is 15.9. The zero-order chi connectivity index (χ0) is 9.72. The molecule has 2 N–H and O–H groups in total. The van der Waals surface area contributed by atoms with E-state index in [0.29, 0.717) is 10.8 Å². The lowest BCUT2D eigenvalue weighted by molar-refractivity contribution is -0.119. The predicted molar refractivity (Wildman–Crippen MR) is 52.1 cm³/mol. The number of nitrogens with one attached hydrogen (secondary N) is 2. The monoisotopic (exact) mass is 187 g/mol. The van der Waals surface area contributed by atoms with Crippen LogP contribution in [0.25, 0.3) is 0 Å². The van der Waals surface area contributed by atoms with E-state index >= 15 is 0 Å². The summed E-state index contributed by atoms with van der Waals surface area (Å²) in [5.74, 6) is -0.254. The van der Waals surface area contributed by atoms with Gasteiger partial charge in [-0.3, -0.25) is 15.6 Å². The van der Waals surface area contributed by atoms with Crippen LogP contribution < -0.4 is 10.9 Å². The van der Waals surface area contributed by atoms with Gasteiger partial charge in [-0.15, -0.1) is 0 Å². The van der Waals surface area contributed by atoms with Crippen LogP contribution in [0.15, 0.2) is 12.3 Å². The minimum absolute atomic E-state index is 0.254. The highest BCUT2D eigenvalue weighted by Crippen LogP contribution is 2.01. The number of rotatable bonds is 0. The van der Waals surface area contributed by atoms with E-state index in [1.165, 1.54) is 4.90 Å². The number of amides is 1. The molecule has 0 atom stereocenters. The summed E-state index contributed by atoms with van der Waals surface area (Å²) in [7, 11) is 1.68. The molecule has 0 saturated carbocycles. The van der Waals surface area contributed by atoms with Crippen LogP contribution in [-0.2, 0) is 4.79 Å². The molecule has 0 aromatic rings. The fraction of sp³-hybridized carbons (Fsp3) is 0.429. The van der Waals surface area contributed by atoms with Gasteiger partial charge in [0.25, 0.3) is 5.91 Å². The first-order valence-electron chi connectivity index (χ1n) is 3.66. The molecule has 0 unspecified atom stereocenters. The van der Waals surface area contributed by atoms with Crippen LogP contribution in [0.2, 0.25) is 0 Å². The first-order valence-corrected chi connectivity index (χ1v) is 4.06. The Hall–Kier alpha value is -1.10. The summed E-state index contributed by atoms with van der Waals surface area (Å²) in [6.07, 6.45) is 0. The number of nitrogens with zero attached hydrogens (tertiary/aromatic N) is 1. The molecule has 68 valence electrons. The van der Waals surface area contributed by atoms with Crippen LogP contribution in [0.3, 0.4) is 0 Å². The molecule has 0 bridgehead atoms. The van der Waals surface area contributed by atoms with Crippen LogP contribution in [-0.4, -0.2) is 23.0 Å². The lowest BCUT2D eigenvalue weighted by atomic mass is 10.4. The number of hydrazine groups is 1. The third-order valence-electron chi connectivity index (χ3n) is 1.25. The molecule has 0 spiro atoms. The number of thiocarbonyl (C=S) groups is 1. The molecule has 5 heteroatoms. The number of likely N-dealkylation sites (N-methyl/N-ethyl adjacent to an activating group) is 1. The fourth-order valence-corrected chi connectivity index (χ4v) is 0.702. The Balaban J connectivity index is 0.000000561. The van der Waals surface area contributed by atoms with Crippen molar-refractivity contribution in [3.8, 4) is 0 Å². The van der Waals surface area contributed by atoms with Crippen molar-refractivity contribution in [1.82, 2.24) is 15.8 Å². The molecule has 1 aliphatic heterocycles. The van der Waals surface area contributed by atoms with E-state index in [4.69, 9.17) is 12.2 Å². The summed E-state index contributed by atoms with van der Waals surface area (Å²) in [5, 5.41) is 0.449. The van der Waals surface area contributed by atoms with Gasteiger partial charge >= 0.3 is 0 Å². The summed E-state index contributed by atoms with van der Waals surface area (Å²) in [6.45, 7) is 7.51. The van der Waals surface area contributed by atoms with E-state index in [2.05, 4.69) is 17.4 Å². The lowest BCUT2D eigenvalue weighted by Crippen LogP contribution is -2.55. The molecular weight excluding hydrogens is 174 g/mol. The third kappa shape index (κ3) is 2.20. The van der Waals surface area contributed by atoms with Crippen molar-refractivity contribution in [2.45, 2.75) is 13.8 Å². The van der Waals surface area contributed by atoms with Gasteiger partial charge in [0.1, 0.15) is 5.70 Å². The van der Waals surface area contributed by atoms with Gasteiger partial charge in [0, 0.05) is 7.05 Å². The Morgan fingerprint density at radius 3 is 2.33 bits per heavy atom. The fourth-order valence-electron chi connectivity index (χ4n) is 0.541. The SMILES string of the molecule is C=C1C(=O)NNC(=S)N1C.CC. The Bertz CT molecular complexity index is 215. The average Bonchev–Trinajstić information content (AvgIpc) is 2.12. The smallest absolute Gasteiger partial charge is 0.285 e. The average molecular weight is 187 g/mol. The van der Waals surface area contributed by atoms with E-state index in [1.807, 2.05) is 13.8 Å². The van der Waals surface area contributed by atoms with Crippen molar-refractivity contribution >= 4 is 23.2 Å². The maximum Gasteiger partial charge on any atom is 0.285 e. The van der Waals surface area contributed by atoms with E-state index in [-0.39, 0.29) is 5.91 Å². The highest BCUT2D eigenvalue weighted by atomic mass is 32.1. The zero-order valence-corrected chi connectivity index (χ0v) is 8.29. The lowest BCUT2D eigenvalue weighted by Gasteiger charge is -2.27. The zero-order valence-electron chi connectivity index (χ0n) is 7.47. The van der Waals surface area contributed by atoms with Crippen molar-refractivity contribution in [3.05, 3.63) is 12.3 Å². The van der Waals surface area contributed by atoms with E-state index in [9.17, 15) is 4.79 Å². The van der Waals surface area contributed by atoms with Crippen molar-refractivity contribution in [2.24, 2.45) is 0 Å². The van der Waals surface area contributed by atoms with Gasteiger partial charge < -0.3 is 4.90 Å². The molecule has 4 nitrogen and oxygen atoms in total. The number of hydrogen-bond donors (Lipinski definition) is 2. The van der Waals surface area contributed by atoms with E-state index in [0.717, 1.165) is 0 Å². The molecule has 0 aliphatic carbocycles. The molecule has 1 aliphatic rings. The summed E-state index contributed by atoms with van der Waals surface area (Å²) < 4.78 is 0. The molecule has 1 saturated heterocycles. The first kappa shape index (κ1) is 10.9. The summed E-state index contributed by atoms with van der Waals surface area (Å²) >= 11 is 4.80. The van der Waals surface area contributed by atoms with Crippen molar-refractivity contribution in [3.63, 3.8) is 0 Å². The first-order chi connectivity index (χ1) is 5.63. The van der Waals surface area contributed by atoms with Gasteiger partial charge in [0.05, 0.1) is 0 Å². The van der Waals surface area contributed by atoms with Gasteiger partial charge in [0.15, 0.2) is 5.11 Å². The summed E-state index contributed by atoms with van der Waals surface area (Å²) in [4.78, 5) is 12.3. The molecular formula is C7H13N3OS. The minimum Gasteiger partial charge on any atom is -0.316 e. The number of carbonyl (C=O) groups is 1. The largest absolute Gasteiger partial charge is 0.316 e. The maximum atomic E-state index is 10.8. The summed E-state index contributed by atoms with van der Waals surface area (Å²) in [6, 6.07) is 0. The maximum absolute atomic E-state index is 10.8. The second-order valence-electron chi connectivity index (χ2n) is 1.89. The molecule has 0 radical (unpaired) electrons. The molecule has 0 aromatic carbocycles. The molecule has 1 rings (SSSR count). The van der Waals surface area contributed by atoms with Crippen LogP contribution in [0.4, 0.5) is 0 Å². The van der Waals surface area contributed by atoms with E-state index in [1.54, 1.807) is 7.05 Å². The van der Waals surface area contributed by atoms with Crippen LogP contribution in [0.5, 0.6) is 0 Å². The summed E-state index contributed by atoms with van der Waals surface area (Å²) in [5.41, 5.74) is 5.20. The Morgan fingerprint density at radius 2 is 1.92 bits per heavy atom. The highest BCUT2D eigenvalue weighted by molar-refractivity contribution is 7.80. The number of carbonyl (C=O) groups excluding carboxylic acids is 1. The third-order valence-corrected chi connectivity index (χ3v) is 1.63. The van der Waals surface area contributed by atoms with Crippen LogP contribution in [0.1, 0.15) is 13.8 Å². The van der Waals surface area contributed by atoms with Gasteiger partial charge in [-0.25, -0.2) is 0 Å². The molecule has 0 aromatic heterocycles. The predicted octanol–water partition coefficient (Wildman–Crippen LogP) is 0.377. The Morgan fingerprint density at radius 1 is 1.42 bits per heavy atom. The van der Waals surface area contributed by atoms with E-state index < -0.39 is 0 Å². The minimum atomic E-state index is -0.254. The van der Waals surface area contributed by atoms with Gasteiger partial charge in [0.2, 0.25) is 0 Å². The quantitative estimate of drug-likeness (QED) is 0.425. The van der Waals surface area contributed by atoms with Crippen molar-refractivity contribution < 1.29 is 4.79 Å².